The maximum atomic E-state index is 4.38. The first-order valence-electron chi connectivity index (χ1n) is 5.94. The fraction of sp³-hybridized carbons (Fsp3) is 0.500. The molecular formula is C12H19N5. The van der Waals surface area contributed by atoms with Crippen molar-refractivity contribution >= 4 is 0 Å². The quantitative estimate of drug-likeness (QED) is 0.851. The van der Waals surface area contributed by atoms with Crippen molar-refractivity contribution in [3.8, 4) is 0 Å². The second-order valence-electron chi connectivity index (χ2n) is 4.16. The zero-order chi connectivity index (χ0) is 12.3. The molecule has 0 saturated carbocycles. The fourth-order valence-corrected chi connectivity index (χ4v) is 1.82. The lowest BCUT2D eigenvalue weighted by atomic mass is 10.2. The third kappa shape index (κ3) is 2.74. The highest BCUT2D eigenvalue weighted by molar-refractivity contribution is 5.06. The summed E-state index contributed by atoms with van der Waals surface area (Å²) < 4.78 is 3.82. The second-order valence-corrected chi connectivity index (χ2v) is 4.16. The van der Waals surface area contributed by atoms with E-state index in [1.165, 1.54) is 5.69 Å². The maximum Gasteiger partial charge on any atom is 0.0791 e. The molecule has 0 saturated heterocycles. The molecule has 92 valence electrons. The van der Waals surface area contributed by atoms with Crippen LogP contribution in [0.15, 0.2) is 24.5 Å². The minimum absolute atomic E-state index is 0.247. The molecular weight excluding hydrogens is 214 g/mol. The molecule has 0 fully saturated rings. The summed E-state index contributed by atoms with van der Waals surface area (Å²) in [5.74, 6) is 0. The summed E-state index contributed by atoms with van der Waals surface area (Å²) in [7, 11) is 1.93. The van der Waals surface area contributed by atoms with Crippen LogP contribution in [-0.4, -0.2) is 19.6 Å². The van der Waals surface area contributed by atoms with Crippen LogP contribution >= 0.6 is 0 Å². The standard InChI is InChI=1S/C12H19N5/c1-4-17-11(5-7-14-17)9-13-10(2)12-6-8-16(3)15-12/h5-8,10,13H,4,9H2,1-3H3. The van der Waals surface area contributed by atoms with Gasteiger partial charge in [0.2, 0.25) is 0 Å². The van der Waals surface area contributed by atoms with E-state index >= 15 is 0 Å². The van der Waals surface area contributed by atoms with Crippen molar-refractivity contribution in [3.63, 3.8) is 0 Å². The van der Waals surface area contributed by atoms with Gasteiger partial charge in [0.25, 0.3) is 0 Å². The monoisotopic (exact) mass is 233 g/mol. The predicted octanol–water partition coefficient (Wildman–Crippen LogP) is 1.49. The van der Waals surface area contributed by atoms with Gasteiger partial charge in [-0.25, -0.2) is 0 Å². The lowest BCUT2D eigenvalue weighted by Crippen LogP contribution is -2.20. The van der Waals surface area contributed by atoms with Gasteiger partial charge in [0.05, 0.1) is 11.4 Å². The normalized spacial score (nSPS) is 12.9. The van der Waals surface area contributed by atoms with Crippen LogP contribution in [-0.2, 0) is 20.1 Å². The minimum Gasteiger partial charge on any atom is -0.303 e. The highest BCUT2D eigenvalue weighted by atomic mass is 15.3. The molecule has 1 unspecified atom stereocenters. The van der Waals surface area contributed by atoms with Crippen molar-refractivity contribution in [3.05, 3.63) is 35.9 Å². The van der Waals surface area contributed by atoms with Gasteiger partial charge in [0.15, 0.2) is 0 Å². The third-order valence-corrected chi connectivity index (χ3v) is 2.87. The predicted molar refractivity (Wildman–Crippen MR) is 66.4 cm³/mol. The molecule has 2 aromatic heterocycles. The van der Waals surface area contributed by atoms with Crippen molar-refractivity contribution in [2.75, 3.05) is 0 Å². The molecule has 0 aliphatic carbocycles. The van der Waals surface area contributed by atoms with E-state index in [2.05, 4.69) is 29.4 Å². The van der Waals surface area contributed by atoms with E-state index in [-0.39, 0.29) is 6.04 Å². The molecule has 5 heteroatoms. The molecule has 1 atom stereocenters. The van der Waals surface area contributed by atoms with E-state index < -0.39 is 0 Å². The Hall–Kier alpha value is -1.62. The first kappa shape index (κ1) is 11.9. The Morgan fingerprint density at radius 1 is 1.41 bits per heavy atom. The minimum atomic E-state index is 0.247. The molecule has 17 heavy (non-hydrogen) atoms. The molecule has 0 aliphatic heterocycles. The Labute approximate surface area is 101 Å². The summed E-state index contributed by atoms with van der Waals surface area (Å²) in [6.07, 6.45) is 3.80. The van der Waals surface area contributed by atoms with E-state index in [1.807, 2.05) is 40.9 Å². The average molecular weight is 233 g/mol. The Morgan fingerprint density at radius 2 is 2.24 bits per heavy atom. The molecule has 0 aliphatic rings. The van der Waals surface area contributed by atoms with Gasteiger partial charge in [-0.3, -0.25) is 9.36 Å². The van der Waals surface area contributed by atoms with E-state index in [1.54, 1.807) is 0 Å². The van der Waals surface area contributed by atoms with Gasteiger partial charge in [0, 0.05) is 38.6 Å². The van der Waals surface area contributed by atoms with Gasteiger partial charge in [0.1, 0.15) is 0 Å². The SMILES string of the molecule is CCn1nccc1CNC(C)c1ccn(C)n1. The third-order valence-electron chi connectivity index (χ3n) is 2.87. The van der Waals surface area contributed by atoms with Crippen molar-refractivity contribution in [1.29, 1.82) is 0 Å². The molecule has 0 radical (unpaired) electrons. The van der Waals surface area contributed by atoms with E-state index in [4.69, 9.17) is 0 Å². The number of rotatable bonds is 5. The summed E-state index contributed by atoms with van der Waals surface area (Å²) in [5, 5.41) is 12.1. The average Bonchev–Trinajstić information content (AvgIpc) is 2.94. The summed E-state index contributed by atoms with van der Waals surface area (Å²) in [4.78, 5) is 0. The number of nitrogens with one attached hydrogen (secondary N) is 1. The molecule has 0 bridgehead atoms. The first-order valence-corrected chi connectivity index (χ1v) is 5.94. The van der Waals surface area contributed by atoms with Gasteiger partial charge < -0.3 is 5.32 Å². The van der Waals surface area contributed by atoms with Crippen molar-refractivity contribution in [2.45, 2.75) is 33.0 Å². The van der Waals surface area contributed by atoms with E-state index in [9.17, 15) is 0 Å². The molecule has 5 nitrogen and oxygen atoms in total. The Morgan fingerprint density at radius 3 is 2.88 bits per heavy atom. The Bertz CT molecular complexity index is 471. The van der Waals surface area contributed by atoms with Gasteiger partial charge in [-0.2, -0.15) is 10.2 Å². The van der Waals surface area contributed by atoms with Crippen LogP contribution in [0.2, 0.25) is 0 Å². The summed E-state index contributed by atoms with van der Waals surface area (Å²) in [6.45, 7) is 5.93. The smallest absolute Gasteiger partial charge is 0.0791 e. The number of hydrogen-bond donors (Lipinski definition) is 1. The van der Waals surface area contributed by atoms with Crippen molar-refractivity contribution in [2.24, 2.45) is 7.05 Å². The zero-order valence-electron chi connectivity index (χ0n) is 10.6. The lowest BCUT2D eigenvalue weighted by molar-refractivity contribution is 0.518. The maximum absolute atomic E-state index is 4.38. The van der Waals surface area contributed by atoms with Crippen LogP contribution in [0, 0.1) is 0 Å². The topological polar surface area (TPSA) is 47.7 Å². The number of hydrogen-bond acceptors (Lipinski definition) is 3. The van der Waals surface area contributed by atoms with Crippen LogP contribution in [0.5, 0.6) is 0 Å². The fourth-order valence-electron chi connectivity index (χ4n) is 1.82. The zero-order valence-corrected chi connectivity index (χ0v) is 10.6. The van der Waals surface area contributed by atoms with Crippen LogP contribution < -0.4 is 5.32 Å². The summed E-state index contributed by atoms with van der Waals surface area (Å²) in [5.41, 5.74) is 2.27. The van der Waals surface area contributed by atoms with Gasteiger partial charge in [-0.15, -0.1) is 0 Å². The molecule has 0 aromatic carbocycles. The first-order chi connectivity index (χ1) is 8.20. The molecule has 2 rings (SSSR count). The van der Waals surface area contributed by atoms with E-state index in [0.29, 0.717) is 0 Å². The lowest BCUT2D eigenvalue weighted by Gasteiger charge is -2.12. The largest absolute Gasteiger partial charge is 0.303 e. The number of aryl methyl sites for hydroxylation is 2. The molecule has 0 spiro atoms. The van der Waals surface area contributed by atoms with E-state index in [0.717, 1.165) is 18.8 Å². The highest BCUT2D eigenvalue weighted by Crippen LogP contribution is 2.09. The molecule has 0 amide bonds. The van der Waals surface area contributed by atoms with Crippen molar-refractivity contribution < 1.29 is 0 Å². The molecule has 2 aromatic rings. The molecule has 2 heterocycles. The van der Waals surface area contributed by atoms with Gasteiger partial charge >= 0.3 is 0 Å². The van der Waals surface area contributed by atoms with Gasteiger partial charge in [-0.1, -0.05) is 0 Å². The van der Waals surface area contributed by atoms with Crippen LogP contribution in [0.4, 0.5) is 0 Å². The Balaban J connectivity index is 1.94. The highest BCUT2D eigenvalue weighted by Gasteiger charge is 2.08. The summed E-state index contributed by atoms with van der Waals surface area (Å²) >= 11 is 0. The van der Waals surface area contributed by atoms with Crippen molar-refractivity contribution in [1.82, 2.24) is 24.9 Å². The van der Waals surface area contributed by atoms with Gasteiger partial charge in [-0.05, 0) is 26.0 Å². The van der Waals surface area contributed by atoms with Crippen LogP contribution in [0.25, 0.3) is 0 Å². The van der Waals surface area contributed by atoms with Crippen LogP contribution in [0.3, 0.4) is 0 Å². The Kier molecular flexibility index (Phi) is 3.58. The number of nitrogens with zero attached hydrogens (tertiary/aromatic N) is 4. The summed E-state index contributed by atoms with van der Waals surface area (Å²) in [6, 6.07) is 4.33. The number of aromatic nitrogens is 4. The van der Waals surface area contributed by atoms with Crippen LogP contribution in [0.1, 0.15) is 31.3 Å². The molecule has 1 N–H and O–H groups in total. The second kappa shape index (κ2) is 5.14.